The molecule has 1 aliphatic heterocycles. The Kier molecular flexibility index (Phi) is 7.77. The molecule has 4 nitrogen and oxygen atoms in total. The van der Waals surface area contributed by atoms with Gasteiger partial charge >= 0.3 is 0 Å². The average Bonchev–Trinajstić information content (AvgIpc) is 2.88. The molecule has 0 radical (unpaired) electrons. The lowest BCUT2D eigenvalue weighted by Gasteiger charge is -2.42. The van der Waals surface area contributed by atoms with Crippen LogP contribution < -0.4 is 4.90 Å². The summed E-state index contributed by atoms with van der Waals surface area (Å²) in [6.45, 7) is 11.3. The van der Waals surface area contributed by atoms with E-state index < -0.39 is 0 Å². The summed E-state index contributed by atoms with van der Waals surface area (Å²) in [7, 11) is 1.85. The topological polar surface area (TPSA) is 41.4 Å². The highest BCUT2D eigenvalue weighted by atomic mass is 15.2. The van der Waals surface area contributed by atoms with Crippen molar-refractivity contribution in [3.05, 3.63) is 83.4 Å². The fourth-order valence-electron chi connectivity index (χ4n) is 5.50. The number of piperidine rings is 1. The van der Waals surface area contributed by atoms with Crippen molar-refractivity contribution in [2.45, 2.75) is 58.8 Å². The van der Waals surface area contributed by atoms with Crippen LogP contribution in [0.4, 0.5) is 5.82 Å². The van der Waals surface area contributed by atoms with Crippen molar-refractivity contribution in [1.29, 1.82) is 0 Å². The Hall–Kier alpha value is -3.01. The van der Waals surface area contributed by atoms with Gasteiger partial charge in [-0.25, -0.2) is 4.98 Å². The highest BCUT2D eigenvalue weighted by Gasteiger charge is 2.41. The van der Waals surface area contributed by atoms with Crippen molar-refractivity contribution in [3.63, 3.8) is 0 Å². The van der Waals surface area contributed by atoms with Crippen LogP contribution in [-0.4, -0.2) is 36.3 Å². The molecule has 4 heteroatoms. The number of aliphatic imine (C=N–C) groups is 1. The van der Waals surface area contributed by atoms with Crippen LogP contribution in [0.25, 0.3) is 5.57 Å². The Morgan fingerprint density at radius 3 is 2.62 bits per heavy atom. The normalized spacial score (nSPS) is 21.1. The number of nitrogens with zero attached hydrogens (tertiary/aromatic N) is 4. The minimum absolute atomic E-state index is 0.241. The number of hydrogen-bond acceptors (Lipinski definition) is 4. The lowest BCUT2D eigenvalue weighted by atomic mass is 9.62. The van der Waals surface area contributed by atoms with E-state index >= 15 is 0 Å². The predicted octanol–water partition coefficient (Wildman–Crippen LogP) is 6.86. The second-order valence-corrected chi connectivity index (χ2v) is 9.72. The molecule has 0 aromatic carbocycles. The summed E-state index contributed by atoms with van der Waals surface area (Å²) < 4.78 is 0. The molecule has 178 valence electrons. The molecular weight excluding hydrogens is 416 g/mol. The molecule has 3 heterocycles. The van der Waals surface area contributed by atoms with E-state index in [0.717, 1.165) is 55.9 Å². The molecule has 0 bridgehead atoms. The average molecular weight is 455 g/mol. The molecule has 34 heavy (non-hydrogen) atoms. The minimum Gasteiger partial charge on any atom is -0.357 e. The lowest BCUT2D eigenvalue weighted by Crippen LogP contribution is -2.32. The highest BCUT2D eigenvalue weighted by molar-refractivity contribution is 5.84. The third kappa shape index (κ3) is 5.06. The number of allylic oxidation sites excluding steroid dienone is 5. The number of hydrogen-bond donors (Lipinski definition) is 0. The maximum absolute atomic E-state index is 4.90. The number of pyridine rings is 2. The third-order valence-corrected chi connectivity index (χ3v) is 7.36. The number of anilines is 1. The van der Waals surface area contributed by atoms with Crippen molar-refractivity contribution >= 4 is 17.6 Å². The third-order valence-electron chi connectivity index (χ3n) is 7.36. The molecule has 0 spiro atoms. The smallest absolute Gasteiger partial charge is 0.128 e. The van der Waals surface area contributed by atoms with Gasteiger partial charge in [0.25, 0.3) is 0 Å². The fraction of sp³-hybridized carbons (Fsp3) is 0.433. The summed E-state index contributed by atoms with van der Waals surface area (Å²) in [6.07, 6.45) is 16.1. The number of aromatic nitrogens is 2. The van der Waals surface area contributed by atoms with Crippen molar-refractivity contribution < 1.29 is 0 Å². The van der Waals surface area contributed by atoms with Gasteiger partial charge in [0.05, 0.1) is 5.69 Å². The van der Waals surface area contributed by atoms with Gasteiger partial charge in [-0.3, -0.25) is 9.98 Å². The van der Waals surface area contributed by atoms with Gasteiger partial charge in [-0.1, -0.05) is 43.7 Å². The van der Waals surface area contributed by atoms with Crippen LogP contribution in [0, 0.1) is 5.41 Å². The number of rotatable bonds is 8. The van der Waals surface area contributed by atoms with Crippen LogP contribution in [0.15, 0.2) is 77.1 Å². The van der Waals surface area contributed by atoms with Gasteiger partial charge in [0.2, 0.25) is 0 Å². The van der Waals surface area contributed by atoms with E-state index in [1.807, 2.05) is 25.5 Å². The Balaban J connectivity index is 1.74. The molecule has 0 saturated carbocycles. The molecule has 4 rings (SSSR count). The first-order valence-corrected chi connectivity index (χ1v) is 12.7. The summed E-state index contributed by atoms with van der Waals surface area (Å²) >= 11 is 0. The van der Waals surface area contributed by atoms with Gasteiger partial charge < -0.3 is 4.90 Å². The van der Waals surface area contributed by atoms with E-state index in [-0.39, 0.29) is 5.41 Å². The van der Waals surface area contributed by atoms with Gasteiger partial charge in [0.15, 0.2) is 0 Å². The standard InChI is InChI=1S/C30H38N4/c1-5-11-27-18-23(2)26(22-31-4)20-30(27,24(3)28-12-7-8-15-32-28)19-25-13-14-29(33-21-25)34-16-9-6-10-17-34/h7-8,12-15,18,21-22H,3,5-6,9-11,16-17,19-20H2,1-2,4H3/b31-22-. The molecule has 0 amide bonds. The molecule has 0 N–H and O–H groups in total. The first kappa shape index (κ1) is 24.1. The first-order chi connectivity index (χ1) is 16.6. The quantitative estimate of drug-likeness (QED) is 0.409. The SMILES string of the molecule is C=C(c1ccccn1)C1(Cc2ccc(N3CCCCC3)nc2)CC(/C=N\C)=C(C)C=C1CCC. The summed E-state index contributed by atoms with van der Waals surface area (Å²) in [6, 6.07) is 10.6. The maximum Gasteiger partial charge on any atom is 0.128 e. The van der Waals surface area contributed by atoms with E-state index in [4.69, 9.17) is 9.97 Å². The van der Waals surface area contributed by atoms with Crippen LogP contribution >= 0.6 is 0 Å². The van der Waals surface area contributed by atoms with E-state index in [1.54, 1.807) is 0 Å². The van der Waals surface area contributed by atoms with Gasteiger partial charge in [-0.05, 0) is 85.9 Å². The Morgan fingerprint density at radius 2 is 1.97 bits per heavy atom. The first-order valence-electron chi connectivity index (χ1n) is 12.7. The van der Waals surface area contributed by atoms with Crippen molar-refractivity contribution in [1.82, 2.24) is 9.97 Å². The summed E-state index contributed by atoms with van der Waals surface area (Å²) in [4.78, 5) is 16.4. The van der Waals surface area contributed by atoms with Crippen molar-refractivity contribution in [3.8, 4) is 0 Å². The molecule has 2 aromatic rings. The zero-order valence-electron chi connectivity index (χ0n) is 21.1. The second kappa shape index (κ2) is 10.9. The summed E-state index contributed by atoms with van der Waals surface area (Å²) in [5.41, 5.74) is 7.07. The largest absolute Gasteiger partial charge is 0.357 e. The van der Waals surface area contributed by atoms with E-state index in [1.165, 1.54) is 41.5 Å². The molecule has 1 unspecified atom stereocenters. The molecule has 1 fully saturated rings. The summed E-state index contributed by atoms with van der Waals surface area (Å²) in [5, 5.41) is 0. The molecular formula is C30H38N4. The zero-order valence-corrected chi connectivity index (χ0v) is 21.1. The van der Waals surface area contributed by atoms with E-state index in [0.29, 0.717) is 0 Å². The van der Waals surface area contributed by atoms with Crippen molar-refractivity contribution in [2.24, 2.45) is 10.4 Å². The molecule has 2 aliphatic rings. The monoisotopic (exact) mass is 454 g/mol. The highest BCUT2D eigenvalue weighted by Crippen LogP contribution is 2.51. The second-order valence-electron chi connectivity index (χ2n) is 9.72. The van der Waals surface area contributed by atoms with Gasteiger partial charge in [0, 0.05) is 44.2 Å². The minimum atomic E-state index is -0.241. The molecule has 1 saturated heterocycles. The fourth-order valence-corrected chi connectivity index (χ4v) is 5.50. The zero-order chi connectivity index (χ0) is 24.0. The van der Waals surface area contributed by atoms with Crippen LogP contribution in [0.1, 0.15) is 63.6 Å². The van der Waals surface area contributed by atoms with Crippen LogP contribution in [0.5, 0.6) is 0 Å². The molecule has 2 aromatic heterocycles. The van der Waals surface area contributed by atoms with Crippen LogP contribution in [0.3, 0.4) is 0 Å². The summed E-state index contributed by atoms with van der Waals surface area (Å²) in [5.74, 6) is 1.10. The Labute approximate surface area is 205 Å². The van der Waals surface area contributed by atoms with Crippen LogP contribution in [0.2, 0.25) is 0 Å². The van der Waals surface area contributed by atoms with E-state index in [2.05, 4.69) is 66.9 Å². The van der Waals surface area contributed by atoms with Gasteiger partial charge in [0.1, 0.15) is 5.82 Å². The van der Waals surface area contributed by atoms with Gasteiger partial charge in [-0.15, -0.1) is 0 Å². The maximum atomic E-state index is 4.90. The molecule has 1 atom stereocenters. The van der Waals surface area contributed by atoms with Crippen molar-refractivity contribution in [2.75, 3.05) is 25.0 Å². The Bertz CT molecular complexity index is 1070. The predicted molar refractivity (Wildman–Crippen MR) is 144 cm³/mol. The lowest BCUT2D eigenvalue weighted by molar-refractivity contribution is 0.448. The Morgan fingerprint density at radius 1 is 1.15 bits per heavy atom. The molecule has 1 aliphatic carbocycles. The van der Waals surface area contributed by atoms with E-state index in [9.17, 15) is 0 Å². The van der Waals surface area contributed by atoms with Gasteiger partial charge in [-0.2, -0.15) is 0 Å². The van der Waals surface area contributed by atoms with Crippen LogP contribution in [-0.2, 0) is 6.42 Å².